The first kappa shape index (κ1) is 18.2. The number of halogens is 3. The number of nitrogens with one attached hydrogen (secondary N) is 1. The second kappa shape index (κ2) is 8.63. The number of hydrogen-bond acceptors (Lipinski definition) is 3. The van der Waals surface area contributed by atoms with E-state index in [1.807, 2.05) is 30.3 Å². The number of ether oxygens (including phenoxy) is 1. The van der Waals surface area contributed by atoms with Gasteiger partial charge in [-0.05, 0) is 36.4 Å². The van der Waals surface area contributed by atoms with Gasteiger partial charge in [-0.15, -0.1) is 11.8 Å². The lowest BCUT2D eigenvalue weighted by Gasteiger charge is -2.09. The van der Waals surface area contributed by atoms with Gasteiger partial charge in [-0.25, -0.2) is 0 Å². The summed E-state index contributed by atoms with van der Waals surface area (Å²) in [6.07, 6.45) is -4.38. The van der Waals surface area contributed by atoms with Crippen LogP contribution < -0.4 is 10.1 Å². The largest absolute Gasteiger partial charge is 0.493 e. The molecule has 0 saturated heterocycles. The minimum absolute atomic E-state index is 0.208. The van der Waals surface area contributed by atoms with Gasteiger partial charge >= 0.3 is 6.18 Å². The molecule has 1 amide bonds. The number of carbonyl (C=O) groups excluding carboxylic acids is 1. The Balaban J connectivity index is 1.66. The normalized spacial score (nSPS) is 11.1. The van der Waals surface area contributed by atoms with Gasteiger partial charge in [0.05, 0.1) is 17.9 Å². The van der Waals surface area contributed by atoms with E-state index in [-0.39, 0.29) is 11.7 Å². The molecule has 0 aliphatic heterocycles. The summed E-state index contributed by atoms with van der Waals surface area (Å²) in [6, 6.07) is 13.7. The Bertz CT molecular complexity index is 645. The van der Waals surface area contributed by atoms with Gasteiger partial charge in [-0.2, -0.15) is 13.2 Å². The molecule has 0 radical (unpaired) electrons. The Morgan fingerprint density at radius 3 is 2.33 bits per heavy atom. The topological polar surface area (TPSA) is 38.3 Å². The fourth-order valence-corrected chi connectivity index (χ4v) is 2.44. The Morgan fingerprint density at radius 1 is 1.04 bits per heavy atom. The van der Waals surface area contributed by atoms with Gasteiger partial charge in [0.2, 0.25) is 5.91 Å². The molecule has 2 aromatic rings. The SMILES string of the molecule is O=C(CSCCOc1ccccc1)Nc1ccc(C(F)(F)F)cc1. The minimum atomic E-state index is -4.38. The summed E-state index contributed by atoms with van der Waals surface area (Å²) in [5.41, 5.74) is -0.401. The van der Waals surface area contributed by atoms with Gasteiger partial charge in [0.25, 0.3) is 0 Å². The van der Waals surface area contributed by atoms with Crippen LogP contribution in [0.15, 0.2) is 54.6 Å². The highest BCUT2D eigenvalue weighted by molar-refractivity contribution is 7.99. The lowest BCUT2D eigenvalue weighted by molar-refractivity contribution is -0.137. The van der Waals surface area contributed by atoms with Crippen molar-refractivity contribution in [2.45, 2.75) is 6.18 Å². The predicted molar refractivity (Wildman–Crippen MR) is 89.3 cm³/mol. The number of benzene rings is 2. The number of hydrogen-bond donors (Lipinski definition) is 1. The molecule has 0 aromatic heterocycles. The highest BCUT2D eigenvalue weighted by Gasteiger charge is 2.29. The number of thioether (sulfide) groups is 1. The molecule has 0 aliphatic carbocycles. The van der Waals surface area contributed by atoms with Crippen molar-refractivity contribution in [1.82, 2.24) is 0 Å². The molecular weight excluding hydrogens is 339 g/mol. The summed E-state index contributed by atoms with van der Waals surface area (Å²) in [5, 5.41) is 2.56. The molecule has 0 aliphatic rings. The van der Waals surface area contributed by atoms with E-state index in [0.29, 0.717) is 18.0 Å². The average Bonchev–Trinajstić information content (AvgIpc) is 2.55. The van der Waals surface area contributed by atoms with E-state index >= 15 is 0 Å². The number of anilines is 1. The maximum absolute atomic E-state index is 12.4. The van der Waals surface area contributed by atoms with Crippen molar-refractivity contribution in [2.24, 2.45) is 0 Å². The molecule has 0 atom stereocenters. The Hall–Kier alpha value is -2.15. The fraction of sp³-hybridized carbons (Fsp3) is 0.235. The van der Waals surface area contributed by atoms with E-state index in [1.165, 1.54) is 23.9 Å². The van der Waals surface area contributed by atoms with Crippen molar-refractivity contribution in [1.29, 1.82) is 0 Å². The molecule has 0 bridgehead atoms. The average molecular weight is 355 g/mol. The molecule has 0 fully saturated rings. The Kier molecular flexibility index (Phi) is 6.54. The van der Waals surface area contributed by atoms with E-state index in [4.69, 9.17) is 4.74 Å². The molecular formula is C17H16F3NO2S. The van der Waals surface area contributed by atoms with Crippen LogP contribution in [-0.2, 0) is 11.0 Å². The minimum Gasteiger partial charge on any atom is -0.493 e. The van der Waals surface area contributed by atoms with E-state index in [9.17, 15) is 18.0 Å². The Labute approximate surface area is 142 Å². The number of para-hydroxylation sites is 1. The van der Waals surface area contributed by atoms with E-state index < -0.39 is 11.7 Å². The summed E-state index contributed by atoms with van der Waals surface area (Å²) < 4.78 is 42.8. The predicted octanol–water partition coefficient (Wildman–Crippen LogP) is 4.46. The zero-order valence-corrected chi connectivity index (χ0v) is 13.5. The molecule has 24 heavy (non-hydrogen) atoms. The van der Waals surface area contributed by atoms with Crippen molar-refractivity contribution in [2.75, 3.05) is 23.4 Å². The van der Waals surface area contributed by atoms with Gasteiger partial charge in [-0.3, -0.25) is 4.79 Å². The first-order valence-corrected chi connectivity index (χ1v) is 8.33. The second-order valence-electron chi connectivity index (χ2n) is 4.84. The van der Waals surface area contributed by atoms with Crippen molar-refractivity contribution >= 4 is 23.4 Å². The first-order chi connectivity index (χ1) is 11.4. The van der Waals surface area contributed by atoms with E-state index in [1.54, 1.807) is 0 Å². The monoisotopic (exact) mass is 355 g/mol. The third kappa shape index (κ3) is 6.16. The highest BCUT2D eigenvalue weighted by atomic mass is 32.2. The zero-order valence-electron chi connectivity index (χ0n) is 12.7. The summed E-state index contributed by atoms with van der Waals surface area (Å²) in [6.45, 7) is 0.474. The molecule has 0 saturated carbocycles. The maximum atomic E-state index is 12.4. The van der Waals surface area contributed by atoms with Crippen LogP contribution in [0.5, 0.6) is 5.75 Å². The van der Waals surface area contributed by atoms with E-state index in [0.717, 1.165) is 17.9 Å². The van der Waals surface area contributed by atoms with Crippen molar-refractivity contribution < 1.29 is 22.7 Å². The van der Waals surface area contributed by atoms with Crippen LogP contribution in [0, 0.1) is 0 Å². The van der Waals surface area contributed by atoms with Crippen LogP contribution in [0.25, 0.3) is 0 Å². The molecule has 0 spiro atoms. The molecule has 2 aromatic carbocycles. The summed E-state index contributed by atoms with van der Waals surface area (Å²) in [7, 11) is 0. The summed E-state index contributed by atoms with van der Waals surface area (Å²) >= 11 is 1.39. The molecule has 128 valence electrons. The van der Waals surface area contributed by atoms with Gasteiger partial charge in [0.15, 0.2) is 0 Å². The summed E-state index contributed by atoms with van der Waals surface area (Å²) in [5.74, 6) is 1.35. The quantitative estimate of drug-likeness (QED) is 0.746. The lowest BCUT2D eigenvalue weighted by Crippen LogP contribution is -2.15. The number of carbonyl (C=O) groups is 1. The van der Waals surface area contributed by atoms with Crippen LogP contribution in [0.2, 0.25) is 0 Å². The number of amides is 1. The van der Waals surface area contributed by atoms with Crippen LogP contribution in [0.3, 0.4) is 0 Å². The first-order valence-electron chi connectivity index (χ1n) is 7.18. The number of alkyl halides is 3. The zero-order chi connectivity index (χ0) is 17.4. The fourth-order valence-electron chi connectivity index (χ4n) is 1.84. The third-order valence-electron chi connectivity index (χ3n) is 2.97. The molecule has 1 N–H and O–H groups in total. The number of rotatable bonds is 7. The second-order valence-corrected chi connectivity index (χ2v) is 5.94. The smallest absolute Gasteiger partial charge is 0.416 e. The molecule has 2 rings (SSSR count). The standard InChI is InChI=1S/C17H16F3NO2S/c18-17(19,20)13-6-8-14(9-7-13)21-16(22)12-24-11-10-23-15-4-2-1-3-5-15/h1-9H,10-12H2,(H,21,22). The van der Waals surface area contributed by atoms with Gasteiger partial charge in [-0.1, -0.05) is 18.2 Å². The van der Waals surface area contributed by atoms with Crippen LogP contribution >= 0.6 is 11.8 Å². The van der Waals surface area contributed by atoms with Gasteiger partial charge < -0.3 is 10.1 Å². The molecule has 7 heteroatoms. The maximum Gasteiger partial charge on any atom is 0.416 e. The van der Waals surface area contributed by atoms with Crippen molar-refractivity contribution in [3.63, 3.8) is 0 Å². The highest BCUT2D eigenvalue weighted by Crippen LogP contribution is 2.29. The Morgan fingerprint density at radius 2 is 1.71 bits per heavy atom. The summed E-state index contributed by atoms with van der Waals surface area (Å²) in [4.78, 5) is 11.7. The van der Waals surface area contributed by atoms with Crippen molar-refractivity contribution in [3.8, 4) is 5.75 Å². The van der Waals surface area contributed by atoms with Crippen molar-refractivity contribution in [3.05, 3.63) is 60.2 Å². The molecule has 3 nitrogen and oxygen atoms in total. The third-order valence-corrected chi connectivity index (χ3v) is 3.89. The van der Waals surface area contributed by atoms with Crippen LogP contribution in [0.4, 0.5) is 18.9 Å². The molecule has 0 heterocycles. The van der Waals surface area contributed by atoms with Gasteiger partial charge in [0, 0.05) is 11.4 Å². The molecule has 0 unspecified atom stereocenters. The van der Waals surface area contributed by atoms with Gasteiger partial charge in [0.1, 0.15) is 5.75 Å². The lowest BCUT2D eigenvalue weighted by atomic mass is 10.2. The van der Waals surface area contributed by atoms with E-state index in [2.05, 4.69) is 5.32 Å². The van der Waals surface area contributed by atoms with Crippen LogP contribution in [0.1, 0.15) is 5.56 Å². The van der Waals surface area contributed by atoms with Crippen LogP contribution in [-0.4, -0.2) is 24.0 Å².